The number of benzene rings is 1. The molecule has 2 rings (SSSR count). The zero-order valence-electron chi connectivity index (χ0n) is 11.8. The topological polar surface area (TPSA) is 72.2 Å². The third kappa shape index (κ3) is 3.54. The molecule has 2 unspecified atom stereocenters. The van der Waals surface area contributed by atoms with Crippen LogP contribution in [0.25, 0.3) is 0 Å². The number of nitrogens with two attached hydrogens (primary N) is 1. The Balaban J connectivity index is 2.26. The lowest BCUT2D eigenvalue weighted by Crippen LogP contribution is -2.38. The first kappa shape index (κ1) is 15.8. The van der Waals surface area contributed by atoms with Crippen molar-refractivity contribution in [1.29, 1.82) is 0 Å². The van der Waals surface area contributed by atoms with Crippen molar-refractivity contribution in [3.63, 3.8) is 0 Å². The molecule has 1 aromatic rings. The van der Waals surface area contributed by atoms with E-state index in [0.717, 1.165) is 19.3 Å². The predicted molar refractivity (Wildman–Crippen MR) is 85.0 cm³/mol. The van der Waals surface area contributed by atoms with Crippen LogP contribution in [0.5, 0.6) is 0 Å². The molecule has 3 N–H and O–H groups in total. The van der Waals surface area contributed by atoms with Crippen LogP contribution >= 0.6 is 15.9 Å². The van der Waals surface area contributed by atoms with Crippen LogP contribution in [0, 0.1) is 12.8 Å². The molecule has 1 saturated carbocycles. The summed E-state index contributed by atoms with van der Waals surface area (Å²) >= 11 is 3.30. The molecular weight excluding hydrogens is 340 g/mol. The molecule has 2 atom stereocenters. The van der Waals surface area contributed by atoms with Gasteiger partial charge in [-0.1, -0.05) is 35.7 Å². The van der Waals surface area contributed by atoms with Gasteiger partial charge in [-0.3, -0.25) is 0 Å². The first-order valence-electron chi connectivity index (χ1n) is 6.87. The van der Waals surface area contributed by atoms with Gasteiger partial charge in [0.1, 0.15) is 0 Å². The summed E-state index contributed by atoms with van der Waals surface area (Å²) in [6, 6.07) is 3.36. The van der Waals surface area contributed by atoms with Gasteiger partial charge in [0.25, 0.3) is 0 Å². The van der Waals surface area contributed by atoms with E-state index in [4.69, 9.17) is 5.73 Å². The molecule has 0 bridgehead atoms. The first-order chi connectivity index (χ1) is 9.29. The van der Waals surface area contributed by atoms with E-state index in [1.165, 1.54) is 6.42 Å². The molecule has 0 saturated heterocycles. The Morgan fingerprint density at radius 2 is 2.05 bits per heavy atom. The van der Waals surface area contributed by atoms with E-state index in [2.05, 4.69) is 27.6 Å². The average molecular weight is 361 g/mol. The van der Waals surface area contributed by atoms with Gasteiger partial charge in [0.15, 0.2) is 0 Å². The van der Waals surface area contributed by atoms with E-state index in [-0.39, 0.29) is 10.9 Å². The van der Waals surface area contributed by atoms with Gasteiger partial charge in [-0.05, 0) is 43.4 Å². The molecule has 0 aliphatic heterocycles. The Hall–Kier alpha value is -0.590. The maximum absolute atomic E-state index is 12.5. The highest BCUT2D eigenvalue weighted by molar-refractivity contribution is 9.10. The van der Waals surface area contributed by atoms with Crippen molar-refractivity contribution in [2.24, 2.45) is 5.92 Å². The second-order valence-corrected chi connectivity index (χ2v) is 8.31. The zero-order chi connectivity index (χ0) is 14.9. The second kappa shape index (κ2) is 6.03. The molecule has 0 spiro atoms. The van der Waals surface area contributed by atoms with Gasteiger partial charge in [-0.15, -0.1) is 0 Å². The lowest BCUT2D eigenvalue weighted by atomic mass is 9.88. The Bertz CT molecular complexity index is 601. The summed E-state index contributed by atoms with van der Waals surface area (Å²) in [4.78, 5) is 0.266. The Kier molecular flexibility index (Phi) is 4.76. The number of rotatable bonds is 3. The lowest BCUT2D eigenvalue weighted by Gasteiger charge is -2.27. The molecule has 0 aromatic heterocycles. The number of nitrogens with one attached hydrogen (secondary N) is 1. The number of anilines is 1. The number of sulfonamides is 1. The molecular formula is C14H21BrN2O2S. The quantitative estimate of drug-likeness (QED) is 0.812. The third-order valence-corrected chi connectivity index (χ3v) is 6.02. The molecule has 1 aromatic carbocycles. The largest absolute Gasteiger partial charge is 0.398 e. The number of halogens is 1. The van der Waals surface area contributed by atoms with E-state index < -0.39 is 10.0 Å². The van der Waals surface area contributed by atoms with Gasteiger partial charge in [0, 0.05) is 16.2 Å². The molecule has 1 aliphatic carbocycles. The van der Waals surface area contributed by atoms with Crippen LogP contribution in [-0.2, 0) is 10.0 Å². The van der Waals surface area contributed by atoms with Gasteiger partial charge >= 0.3 is 0 Å². The highest BCUT2D eigenvalue weighted by Gasteiger charge is 2.26. The summed E-state index contributed by atoms with van der Waals surface area (Å²) in [5, 5.41) is 0. The van der Waals surface area contributed by atoms with E-state index in [9.17, 15) is 8.42 Å². The summed E-state index contributed by atoms with van der Waals surface area (Å²) in [6.07, 6.45) is 4.07. The SMILES string of the molecule is Cc1c(N)cc(Br)cc1S(=O)(=O)NC1CCCC(C)C1. The van der Waals surface area contributed by atoms with Crippen LogP contribution in [0.1, 0.15) is 38.2 Å². The maximum Gasteiger partial charge on any atom is 0.241 e. The molecule has 6 heteroatoms. The second-order valence-electron chi connectivity index (χ2n) is 5.71. The fraction of sp³-hybridized carbons (Fsp3) is 0.571. The minimum absolute atomic E-state index is 0.0309. The summed E-state index contributed by atoms with van der Waals surface area (Å²) < 4.78 is 28.6. The molecule has 0 radical (unpaired) electrons. The Labute approximate surface area is 129 Å². The van der Waals surface area contributed by atoms with Crippen molar-refractivity contribution >= 4 is 31.6 Å². The summed E-state index contributed by atoms with van der Waals surface area (Å²) in [7, 11) is -3.52. The molecule has 1 aliphatic rings. The van der Waals surface area contributed by atoms with Gasteiger partial charge < -0.3 is 5.73 Å². The van der Waals surface area contributed by atoms with Gasteiger partial charge in [0.2, 0.25) is 10.0 Å². The summed E-state index contributed by atoms with van der Waals surface area (Å²) in [5.41, 5.74) is 6.94. The van der Waals surface area contributed by atoms with Crippen LogP contribution in [0.15, 0.2) is 21.5 Å². The van der Waals surface area contributed by atoms with Crippen LogP contribution in [0.4, 0.5) is 5.69 Å². The smallest absolute Gasteiger partial charge is 0.241 e. The van der Waals surface area contributed by atoms with Crippen LogP contribution in [0.2, 0.25) is 0 Å². The van der Waals surface area contributed by atoms with Crippen molar-refractivity contribution < 1.29 is 8.42 Å². The first-order valence-corrected chi connectivity index (χ1v) is 9.15. The number of nitrogen functional groups attached to an aromatic ring is 1. The highest BCUT2D eigenvalue weighted by atomic mass is 79.9. The minimum atomic E-state index is -3.52. The lowest BCUT2D eigenvalue weighted by molar-refractivity contribution is 0.327. The van der Waals surface area contributed by atoms with Gasteiger partial charge in [-0.25, -0.2) is 13.1 Å². The van der Waals surface area contributed by atoms with Crippen molar-refractivity contribution in [2.45, 2.75) is 50.5 Å². The van der Waals surface area contributed by atoms with Crippen molar-refractivity contribution in [3.8, 4) is 0 Å². The van der Waals surface area contributed by atoms with Gasteiger partial charge in [-0.2, -0.15) is 0 Å². The van der Waals surface area contributed by atoms with Crippen molar-refractivity contribution in [1.82, 2.24) is 4.72 Å². The molecule has 0 amide bonds. The highest BCUT2D eigenvalue weighted by Crippen LogP contribution is 2.28. The van der Waals surface area contributed by atoms with Crippen molar-refractivity contribution in [2.75, 3.05) is 5.73 Å². The van der Waals surface area contributed by atoms with E-state index in [1.807, 2.05) is 0 Å². The van der Waals surface area contributed by atoms with Crippen molar-refractivity contribution in [3.05, 3.63) is 22.2 Å². The predicted octanol–water partition coefficient (Wildman–Crippen LogP) is 3.20. The van der Waals surface area contributed by atoms with E-state index >= 15 is 0 Å². The Morgan fingerprint density at radius 1 is 1.35 bits per heavy atom. The van der Waals surface area contributed by atoms with E-state index in [1.54, 1.807) is 19.1 Å². The van der Waals surface area contributed by atoms with E-state index in [0.29, 0.717) is 21.6 Å². The molecule has 0 heterocycles. The molecule has 1 fully saturated rings. The molecule has 4 nitrogen and oxygen atoms in total. The van der Waals surface area contributed by atoms with Crippen LogP contribution in [0.3, 0.4) is 0 Å². The average Bonchev–Trinajstić information content (AvgIpc) is 2.33. The Morgan fingerprint density at radius 3 is 2.70 bits per heavy atom. The standard InChI is InChI=1S/C14H21BrN2O2S/c1-9-4-3-5-12(6-9)17-20(18,19)14-8-11(15)7-13(16)10(14)2/h7-9,12,17H,3-6,16H2,1-2H3. The van der Waals surface area contributed by atoms with Crippen LogP contribution in [-0.4, -0.2) is 14.5 Å². The summed E-state index contributed by atoms with van der Waals surface area (Å²) in [6.45, 7) is 3.91. The number of hydrogen-bond acceptors (Lipinski definition) is 3. The monoisotopic (exact) mass is 360 g/mol. The van der Waals surface area contributed by atoms with Crippen LogP contribution < -0.4 is 10.5 Å². The maximum atomic E-state index is 12.5. The molecule has 20 heavy (non-hydrogen) atoms. The van der Waals surface area contributed by atoms with Gasteiger partial charge in [0.05, 0.1) is 4.90 Å². The zero-order valence-corrected chi connectivity index (χ0v) is 14.2. The fourth-order valence-electron chi connectivity index (χ4n) is 2.78. The molecule has 112 valence electrons. The summed E-state index contributed by atoms with van der Waals surface area (Å²) in [5.74, 6) is 0.574. The minimum Gasteiger partial charge on any atom is -0.398 e. The fourth-order valence-corrected chi connectivity index (χ4v) is 4.99. The number of hydrogen-bond donors (Lipinski definition) is 2. The normalized spacial score (nSPS) is 23.8. The third-order valence-electron chi connectivity index (χ3n) is 3.91.